The van der Waals surface area contributed by atoms with Crippen molar-refractivity contribution in [1.29, 1.82) is 0 Å². The molecule has 0 heterocycles. The molecule has 1 aliphatic rings. The van der Waals surface area contributed by atoms with E-state index in [2.05, 4.69) is 5.32 Å². The molecule has 0 bridgehead atoms. The predicted octanol–water partition coefficient (Wildman–Crippen LogP) is 2.15. The van der Waals surface area contributed by atoms with Gasteiger partial charge in [-0.3, -0.25) is 4.79 Å². The lowest BCUT2D eigenvalue weighted by Gasteiger charge is -2.13. The van der Waals surface area contributed by atoms with Gasteiger partial charge in [-0.1, -0.05) is 0 Å². The molecule has 6 heteroatoms. The third kappa shape index (κ3) is 4.74. The van der Waals surface area contributed by atoms with E-state index < -0.39 is 16.7 Å². The summed E-state index contributed by atoms with van der Waals surface area (Å²) in [6.07, 6.45) is 2.14. The molecule has 82 valence electrons. The van der Waals surface area contributed by atoms with Gasteiger partial charge in [-0.05, 0) is 37.4 Å². The Kier molecular flexibility index (Phi) is 3.69. The van der Waals surface area contributed by atoms with Crippen molar-refractivity contribution in [2.75, 3.05) is 6.54 Å². The van der Waals surface area contributed by atoms with Crippen LogP contribution in [0.2, 0.25) is 0 Å². The average Bonchev–Trinajstić information content (AvgIpc) is 2.79. The largest absolute Gasteiger partial charge is 0.442 e. The van der Waals surface area contributed by atoms with E-state index in [0.717, 1.165) is 12.8 Å². The summed E-state index contributed by atoms with van der Waals surface area (Å²) in [5, 5.41) is 1.45. The molecule has 0 unspecified atom stereocenters. The number of amides is 1. The number of thioether (sulfide) groups is 1. The number of halogens is 3. The van der Waals surface area contributed by atoms with Crippen LogP contribution in [0.1, 0.15) is 19.8 Å². The van der Waals surface area contributed by atoms with Gasteiger partial charge in [0.25, 0.3) is 0 Å². The lowest BCUT2D eigenvalue weighted by atomic mass is 10.4. The van der Waals surface area contributed by atoms with Crippen LogP contribution in [0.5, 0.6) is 0 Å². The summed E-state index contributed by atoms with van der Waals surface area (Å²) < 4.78 is 35.6. The molecule has 0 aromatic rings. The first-order valence-electron chi connectivity index (χ1n) is 4.41. The Bertz CT molecular complexity index is 215. The van der Waals surface area contributed by atoms with Crippen molar-refractivity contribution in [2.45, 2.75) is 30.5 Å². The molecule has 0 radical (unpaired) electrons. The Morgan fingerprint density at radius 1 is 1.57 bits per heavy atom. The van der Waals surface area contributed by atoms with Gasteiger partial charge in [-0.15, -0.1) is 0 Å². The van der Waals surface area contributed by atoms with Crippen LogP contribution < -0.4 is 5.32 Å². The van der Waals surface area contributed by atoms with Crippen LogP contribution in [0.25, 0.3) is 0 Å². The van der Waals surface area contributed by atoms with E-state index in [0.29, 0.717) is 12.5 Å². The number of carbonyl (C=O) groups excluding carboxylic acids is 1. The summed E-state index contributed by atoms with van der Waals surface area (Å²) in [7, 11) is 0. The highest BCUT2D eigenvalue weighted by molar-refractivity contribution is 8.01. The van der Waals surface area contributed by atoms with Gasteiger partial charge >= 0.3 is 5.51 Å². The standard InChI is InChI=1S/C8H12F3NOS/c1-5(14-8(9,10)11)7(13)12-4-6-2-3-6/h5-6H,2-4H2,1H3,(H,12,13)/t5-/m1/s1. The molecule has 0 spiro atoms. The lowest BCUT2D eigenvalue weighted by Crippen LogP contribution is -2.33. The summed E-state index contributed by atoms with van der Waals surface area (Å²) in [5.41, 5.74) is -4.34. The molecule has 0 saturated heterocycles. The van der Waals surface area contributed by atoms with E-state index in [1.807, 2.05) is 0 Å². The second kappa shape index (κ2) is 4.42. The monoisotopic (exact) mass is 227 g/mol. The third-order valence-electron chi connectivity index (χ3n) is 1.94. The van der Waals surface area contributed by atoms with Gasteiger partial charge in [-0.25, -0.2) is 0 Å². The van der Waals surface area contributed by atoms with Crippen LogP contribution in [0, 0.1) is 5.92 Å². The van der Waals surface area contributed by atoms with Gasteiger partial charge in [0, 0.05) is 6.54 Å². The number of hydrogen-bond donors (Lipinski definition) is 1. The molecule has 1 aliphatic carbocycles. The minimum absolute atomic E-state index is 0.275. The molecule has 1 rings (SSSR count). The fourth-order valence-corrected chi connectivity index (χ4v) is 1.56. The first-order valence-corrected chi connectivity index (χ1v) is 5.28. The maximum absolute atomic E-state index is 11.9. The lowest BCUT2D eigenvalue weighted by molar-refractivity contribution is -0.120. The Labute approximate surface area is 84.6 Å². The molecule has 0 aliphatic heterocycles. The first-order chi connectivity index (χ1) is 6.38. The van der Waals surface area contributed by atoms with Crippen molar-refractivity contribution < 1.29 is 18.0 Å². The van der Waals surface area contributed by atoms with Crippen molar-refractivity contribution in [3.05, 3.63) is 0 Å². The molecule has 14 heavy (non-hydrogen) atoms. The van der Waals surface area contributed by atoms with E-state index >= 15 is 0 Å². The van der Waals surface area contributed by atoms with Crippen molar-refractivity contribution in [3.63, 3.8) is 0 Å². The van der Waals surface area contributed by atoms with Gasteiger partial charge in [0.2, 0.25) is 5.91 Å². The summed E-state index contributed by atoms with van der Waals surface area (Å²) in [4.78, 5) is 11.1. The zero-order valence-electron chi connectivity index (χ0n) is 7.73. The summed E-state index contributed by atoms with van der Waals surface area (Å²) in [5.74, 6) is -0.0405. The predicted molar refractivity (Wildman–Crippen MR) is 48.8 cm³/mol. The van der Waals surface area contributed by atoms with Crippen LogP contribution in [0.3, 0.4) is 0 Å². The summed E-state index contributed by atoms with van der Waals surface area (Å²) in [6, 6.07) is 0. The SMILES string of the molecule is C[C@@H](SC(F)(F)F)C(=O)NCC1CC1. The second-order valence-electron chi connectivity index (χ2n) is 3.39. The fourth-order valence-electron chi connectivity index (χ4n) is 0.965. The topological polar surface area (TPSA) is 29.1 Å². The van der Waals surface area contributed by atoms with Crippen LogP contribution in [-0.4, -0.2) is 23.2 Å². The third-order valence-corrected chi connectivity index (χ3v) is 2.78. The fraction of sp³-hybridized carbons (Fsp3) is 0.875. The molecule has 0 aromatic carbocycles. The van der Waals surface area contributed by atoms with Crippen molar-refractivity contribution in [2.24, 2.45) is 5.92 Å². The van der Waals surface area contributed by atoms with Crippen molar-refractivity contribution in [1.82, 2.24) is 5.32 Å². The Morgan fingerprint density at radius 3 is 2.57 bits per heavy atom. The van der Waals surface area contributed by atoms with E-state index in [9.17, 15) is 18.0 Å². The minimum atomic E-state index is -4.34. The van der Waals surface area contributed by atoms with Crippen LogP contribution in [-0.2, 0) is 4.79 Å². The highest BCUT2D eigenvalue weighted by Gasteiger charge is 2.34. The van der Waals surface area contributed by atoms with E-state index in [-0.39, 0.29) is 11.8 Å². The average molecular weight is 227 g/mol. The van der Waals surface area contributed by atoms with Gasteiger partial charge in [0.05, 0.1) is 5.25 Å². The normalized spacial score (nSPS) is 19.1. The van der Waals surface area contributed by atoms with Gasteiger partial charge in [-0.2, -0.15) is 13.2 Å². The molecular weight excluding hydrogens is 215 g/mol. The molecule has 1 amide bonds. The van der Waals surface area contributed by atoms with Crippen molar-refractivity contribution >= 4 is 17.7 Å². The molecule has 1 saturated carbocycles. The van der Waals surface area contributed by atoms with E-state index in [1.54, 1.807) is 0 Å². The number of carbonyl (C=O) groups is 1. The Hall–Kier alpha value is -0.390. The molecular formula is C8H12F3NOS. The van der Waals surface area contributed by atoms with Gasteiger partial charge in [0.15, 0.2) is 0 Å². The molecule has 2 nitrogen and oxygen atoms in total. The molecule has 1 atom stereocenters. The number of alkyl halides is 3. The molecule has 1 N–H and O–H groups in total. The van der Waals surface area contributed by atoms with Gasteiger partial charge in [0.1, 0.15) is 0 Å². The maximum atomic E-state index is 11.9. The Morgan fingerprint density at radius 2 is 2.14 bits per heavy atom. The first kappa shape index (κ1) is 11.7. The highest BCUT2D eigenvalue weighted by atomic mass is 32.2. The van der Waals surface area contributed by atoms with E-state index in [4.69, 9.17) is 0 Å². The van der Waals surface area contributed by atoms with Gasteiger partial charge < -0.3 is 5.32 Å². The van der Waals surface area contributed by atoms with Crippen LogP contribution >= 0.6 is 11.8 Å². The van der Waals surface area contributed by atoms with Crippen LogP contribution in [0.15, 0.2) is 0 Å². The highest BCUT2D eigenvalue weighted by Crippen LogP contribution is 2.34. The zero-order chi connectivity index (χ0) is 10.8. The quantitative estimate of drug-likeness (QED) is 0.797. The molecule has 1 fully saturated rings. The second-order valence-corrected chi connectivity index (χ2v) is 4.80. The summed E-state index contributed by atoms with van der Waals surface area (Å²) >= 11 is -0.275. The van der Waals surface area contributed by atoms with Crippen LogP contribution in [0.4, 0.5) is 13.2 Å². The molecule has 0 aromatic heterocycles. The number of rotatable bonds is 4. The van der Waals surface area contributed by atoms with E-state index in [1.165, 1.54) is 6.92 Å². The zero-order valence-corrected chi connectivity index (χ0v) is 8.54. The maximum Gasteiger partial charge on any atom is 0.442 e. The number of nitrogens with one attached hydrogen (secondary N) is 1. The number of hydrogen-bond acceptors (Lipinski definition) is 2. The summed E-state index contributed by atoms with van der Waals surface area (Å²) in [6.45, 7) is 1.78. The smallest absolute Gasteiger partial charge is 0.355 e. The van der Waals surface area contributed by atoms with Crippen molar-refractivity contribution in [3.8, 4) is 0 Å². The Balaban J connectivity index is 2.20. The minimum Gasteiger partial charge on any atom is -0.355 e.